The predicted molar refractivity (Wildman–Crippen MR) is 246 cm³/mol. The van der Waals surface area contributed by atoms with Gasteiger partial charge >= 0.3 is 0 Å². The summed E-state index contributed by atoms with van der Waals surface area (Å²) >= 11 is 3.42. The normalized spacial score (nSPS) is 48.6. The van der Waals surface area contributed by atoms with E-state index in [0.717, 1.165) is 150 Å². The van der Waals surface area contributed by atoms with Gasteiger partial charge in [-0.3, -0.25) is 14.5 Å². The number of alkyl halides is 1. The summed E-state index contributed by atoms with van der Waals surface area (Å²) in [6, 6.07) is 0. The first-order valence-electron chi connectivity index (χ1n) is 25.9. The van der Waals surface area contributed by atoms with Gasteiger partial charge in [-0.25, -0.2) is 0 Å². The van der Waals surface area contributed by atoms with Crippen LogP contribution in [0.25, 0.3) is 0 Å². The maximum Gasteiger partial charge on any atom is 0.150 e. The maximum atomic E-state index is 13.4. The monoisotopic (exact) mass is 915 g/mol. The lowest BCUT2D eigenvalue weighted by Crippen LogP contribution is -2.51. The highest BCUT2D eigenvalue weighted by Gasteiger charge is 2.60. The lowest BCUT2D eigenvalue weighted by Gasteiger charge is -2.57. The number of ketones is 2. The van der Waals surface area contributed by atoms with Crippen LogP contribution in [-0.4, -0.2) is 98.4 Å². The summed E-state index contributed by atoms with van der Waals surface area (Å²) in [5.41, 5.74) is -0.385. The molecular formula is C52H87BrN2O6. The van der Waals surface area contributed by atoms with E-state index in [2.05, 4.69) is 40.0 Å². The Morgan fingerprint density at radius 2 is 0.984 bits per heavy atom. The number of carbonyl (C=O) groups excluding carboxylic acids is 2. The zero-order valence-corrected chi connectivity index (χ0v) is 40.4. The van der Waals surface area contributed by atoms with Gasteiger partial charge in [0.2, 0.25) is 0 Å². The number of halogens is 1. The van der Waals surface area contributed by atoms with Gasteiger partial charge in [0.1, 0.15) is 11.6 Å². The zero-order chi connectivity index (χ0) is 43.3. The van der Waals surface area contributed by atoms with Crippen molar-refractivity contribution in [1.82, 2.24) is 10.2 Å². The fourth-order valence-corrected chi connectivity index (χ4v) is 17.9. The Hall–Kier alpha value is -0.420. The molecule has 2 saturated heterocycles. The molecule has 8 aliphatic carbocycles. The zero-order valence-electron chi connectivity index (χ0n) is 38.8. The van der Waals surface area contributed by atoms with Crippen LogP contribution in [0.1, 0.15) is 169 Å². The molecule has 0 spiro atoms. The summed E-state index contributed by atoms with van der Waals surface area (Å²) in [5.74, 6) is 9.51. The molecule has 10 rings (SSSR count). The van der Waals surface area contributed by atoms with E-state index in [0.29, 0.717) is 29.4 Å². The van der Waals surface area contributed by atoms with Crippen molar-refractivity contribution < 1.29 is 30.0 Å². The number of Topliss-reactive ketones (excluding diaryl/α,β-unsaturated/α-hetero) is 2. The van der Waals surface area contributed by atoms with Crippen LogP contribution in [0.15, 0.2) is 0 Å². The third-order valence-corrected chi connectivity index (χ3v) is 21.2. The van der Waals surface area contributed by atoms with Gasteiger partial charge in [-0.2, -0.15) is 0 Å². The first-order chi connectivity index (χ1) is 29.0. The minimum atomic E-state index is -0.438. The molecule has 9 heteroatoms. The molecule has 8 nitrogen and oxygen atoms in total. The molecule has 0 aromatic rings. The Kier molecular flexibility index (Phi) is 14.7. The highest BCUT2D eigenvalue weighted by atomic mass is 79.9. The lowest BCUT2D eigenvalue weighted by atomic mass is 9.49. The molecule has 348 valence electrons. The number of aliphatic hydroxyl groups excluding tert-OH is 2. The summed E-state index contributed by atoms with van der Waals surface area (Å²) in [4.78, 5) is 28.1. The van der Waals surface area contributed by atoms with Crippen molar-refractivity contribution in [3.8, 4) is 0 Å². The molecule has 61 heavy (non-hydrogen) atoms. The molecule has 8 saturated carbocycles. The first-order valence-corrected chi connectivity index (χ1v) is 27.0. The molecule has 0 bridgehead atoms. The van der Waals surface area contributed by atoms with Crippen molar-refractivity contribution >= 4 is 27.5 Å². The fraction of sp³-hybridized carbons (Fsp3) is 0.962. The minimum Gasteiger partial charge on any atom is -0.393 e. The Balaban J connectivity index is 0.000000148. The number of nitrogens with one attached hydrogen (secondary N) is 1. The van der Waals surface area contributed by atoms with E-state index in [1.807, 2.05) is 13.8 Å². The van der Waals surface area contributed by atoms with Crippen molar-refractivity contribution in [2.75, 3.05) is 38.1 Å². The number of hydrogen-bond acceptors (Lipinski definition) is 8. The van der Waals surface area contributed by atoms with Crippen LogP contribution in [0.5, 0.6) is 0 Å². The number of likely N-dealkylation sites (tertiary alicyclic amines) is 1. The van der Waals surface area contributed by atoms with Crippen LogP contribution in [0.2, 0.25) is 0 Å². The standard InChI is InChI=1S/C26H43NO3.C21H33BrO2.C5H11NO/c1-25(30)11-7-19-17(15-25)3-4-21-20(19)8-12-26(2)22(21)5-6-23(26)24(29)16-27-13-9-18(28)10-14-27;1-20(24)9-7-14-13(11-20)3-4-16-15(14)8-10-21(2)17(16)5-6-18(21)19(23)12-22;7-5-1-3-6-4-2-5/h17-23,28,30H,3-16H2,1-2H3;13-18,24H,3-12H2,1-2H3;5-7H,1-4H2/t17-,19+,20-,21-,22+,23-,25-,26+;13-,14+,15-,16-,17+,18-,20-,21+;/m11./s1. The molecule has 0 aromatic heterocycles. The molecule has 16 atom stereocenters. The molecule has 10 fully saturated rings. The second-order valence-corrected chi connectivity index (χ2v) is 24.8. The van der Waals surface area contributed by atoms with E-state index in [4.69, 9.17) is 5.11 Å². The summed E-state index contributed by atoms with van der Waals surface area (Å²) in [6.45, 7) is 13.3. The van der Waals surface area contributed by atoms with Crippen LogP contribution in [0, 0.1) is 81.8 Å². The summed E-state index contributed by atoms with van der Waals surface area (Å²) < 4.78 is 0. The maximum absolute atomic E-state index is 13.4. The second kappa shape index (κ2) is 19.1. The average Bonchev–Trinajstić information content (AvgIpc) is 3.78. The molecule has 10 aliphatic rings. The van der Waals surface area contributed by atoms with E-state index >= 15 is 0 Å². The van der Waals surface area contributed by atoms with Gasteiger partial charge in [-0.1, -0.05) is 29.8 Å². The Morgan fingerprint density at radius 3 is 1.43 bits per heavy atom. The van der Waals surface area contributed by atoms with Crippen LogP contribution in [0.3, 0.4) is 0 Å². The number of hydrogen-bond donors (Lipinski definition) is 5. The van der Waals surface area contributed by atoms with E-state index in [-0.39, 0.29) is 29.0 Å². The van der Waals surface area contributed by atoms with Gasteiger partial charge in [0.25, 0.3) is 0 Å². The number of piperidine rings is 2. The lowest BCUT2D eigenvalue weighted by molar-refractivity contribution is -0.134. The van der Waals surface area contributed by atoms with Crippen molar-refractivity contribution in [3.63, 3.8) is 0 Å². The molecule has 2 heterocycles. The summed E-state index contributed by atoms with van der Waals surface area (Å²) in [7, 11) is 0. The highest BCUT2D eigenvalue weighted by Crippen LogP contribution is 2.66. The third kappa shape index (κ3) is 9.85. The summed E-state index contributed by atoms with van der Waals surface area (Å²) in [6.07, 6.45) is 24.9. The van der Waals surface area contributed by atoms with Crippen molar-refractivity contribution in [2.24, 2.45) is 81.8 Å². The molecule has 0 unspecified atom stereocenters. The SMILES string of the molecule is C[C@@]1(O)CC[C@H]2[C@H](CC[C@@H]3[C@@H]2CC[C@]2(C)[C@@H](C(=O)CBr)CC[C@@H]32)C1.C[C@@]1(O)CC[C@H]2[C@H](CC[C@@H]3[C@@H]2CC[C@]2(C)[C@@H](C(=O)CN4CCC(O)CC4)CC[C@@H]32)C1.OC1CCNCC1. The molecule has 0 aromatic carbocycles. The number of nitrogens with zero attached hydrogens (tertiary/aromatic N) is 1. The smallest absolute Gasteiger partial charge is 0.150 e. The Bertz CT molecular complexity index is 1510. The average molecular weight is 916 g/mol. The van der Waals surface area contributed by atoms with Gasteiger partial charge < -0.3 is 25.7 Å². The number of aliphatic hydroxyl groups is 4. The highest BCUT2D eigenvalue weighted by molar-refractivity contribution is 9.09. The van der Waals surface area contributed by atoms with Crippen molar-refractivity contribution in [2.45, 2.75) is 192 Å². The predicted octanol–water partition coefficient (Wildman–Crippen LogP) is 8.73. The molecular weight excluding hydrogens is 828 g/mol. The van der Waals surface area contributed by atoms with Crippen LogP contribution < -0.4 is 5.32 Å². The topological polar surface area (TPSA) is 130 Å². The summed E-state index contributed by atoms with van der Waals surface area (Å²) in [5, 5.41) is 43.4. The second-order valence-electron chi connectivity index (χ2n) is 24.3. The first kappa shape index (κ1) is 47.1. The Labute approximate surface area is 378 Å². The van der Waals surface area contributed by atoms with Crippen molar-refractivity contribution in [3.05, 3.63) is 0 Å². The van der Waals surface area contributed by atoms with Gasteiger partial charge in [0, 0.05) is 24.9 Å². The minimum absolute atomic E-state index is 0.0266. The molecule has 0 radical (unpaired) electrons. The van der Waals surface area contributed by atoms with Gasteiger partial charge in [-0.05, 0) is 238 Å². The number of rotatable bonds is 5. The number of carbonyl (C=O) groups is 2. The number of fused-ring (bicyclic) bond motifs is 10. The van der Waals surface area contributed by atoms with Gasteiger partial charge in [0.05, 0.1) is 35.3 Å². The van der Waals surface area contributed by atoms with Crippen LogP contribution in [-0.2, 0) is 9.59 Å². The molecule has 5 N–H and O–H groups in total. The molecule has 2 aliphatic heterocycles. The quantitative estimate of drug-likeness (QED) is 0.173. The van der Waals surface area contributed by atoms with Gasteiger partial charge in [-0.15, -0.1) is 0 Å². The van der Waals surface area contributed by atoms with Crippen LogP contribution >= 0.6 is 15.9 Å². The third-order valence-electron chi connectivity index (χ3n) is 20.6. The fourth-order valence-electron chi connectivity index (χ4n) is 17.5. The van der Waals surface area contributed by atoms with E-state index in [9.17, 15) is 24.9 Å². The van der Waals surface area contributed by atoms with E-state index in [1.54, 1.807) is 0 Å². The van der Waals surface area contributed by atoms with Crippen LogP contribution in [0.4, 0.5) is 0 Å². The van der Waals surface area contributed by atoms with Gasteiger partial charge in [0.15, 0.2) is 0 Å². The Morgan fingerprint density at radius 1 is 0.541 bits per heavy atom. The largest absolute Gasteiger partial charge is 0.393 e. The van der Waals surface area contributed by atoms with E-state index < -0.39 is 11.2 Å². The van der Waals surface area contributed by atoms with E-state index in [1.165, 1.54) is 77.0 Å². The molecule has 0 amide bonds. The van der Waals surface area contributed by atoms with Crippen molar-refractivity contribution in [1.29, 1.82) is 0 Å².